The Morgan fingerprint density at radius 2 is 1.60 bits per heavy atom. The monoisotopic (exact) mass is 331 g/mol. The highest BCUT2D eigenvalue weighted by molar-refractivity contribution is 5.89. The summed E-state index contributed by atoms with van der Waals surface area (Å²) < 4.78 is 0. The van der Waals surface area contributed by atoms with Crippen LogP contribution in [0, 0.1) is 0 Å². The molecule has 0 unspecified atom stereocenters. The van der Waals surface area contributed by atoms with Crippen molar-refractivity contribution in [1.29, 1.82) is 0 Å². The molecule has 1 N–H and O–H groups in total. The average molecular weight is 331 g/mol. The number of benzene rings is 2. The highest BCUT2D eigenvalue weighted by Crippen LogP contribution is 2.23. The Morgan fingerprint density at radius 1 is 1.00 bits per heavy atom. The van der Waals surface area contributed by atoms with E-state index in [9.17, 15) is 4.79 Å². The number of nitrogens with zero attached hydrogens (tertiary/aromatic N) is 1. The van der Waals surface area contributed by atoms with Crippen LogP contribution in [0.15, 0.2) is 90.7 Å². The average Bonchev–Trinajstić information content (AvgIpc) is 2.67. The Balaban J connectivity index is 1.76. The van der Waals surface area contributed by atoms with Gasteiger partial charge in [-0.1, -0.05) is 72.8 Å². The molecule has 0 amide bonds. The van der Waals surface area contributed by atoms with Crippen LogP contribution in [0.5, 0.6) is 0 Å². The molecule has 2 aromatic rings. The van der Waals surface area contributed by atoms with E-state index in [2.05, 4.69) is 30.3 Å². The minimum Gasteiger partial charge on any atom is -0.478 e. The van der Waals surface area contributed by atoms with Crippen molar-refractivity contribution in [2.45, 2.75) is 6.42 Å². The van der Waals surface area contributed by atoms with Crippen molar-refractivity contribution in [3.8, 4) is 0 Å². The van der Waals surface area contributed by atoms with Crippen LogP contribution < -0.4 is 0 Å². The lowest BCUT2D eigenvalue weighted by Gasteiger charge is -2.21. The zero-order valence-electron chi connectivity index (χ0n) is 14.0. The van der Waals surface area contributed by atoms with Crippen LogP contribution in [0.4, 0.5) is 0 Å². The first-order valence-corrected chi connectivity index (χ1v) is 8.41. The zero-order chi connectivity index (χ0) is 17.5. The first-order valence-electron chi connectivity index (χ1n) is 8.41. The second-order valence-electron chi connectivity index (χ2n) is 5.93. The molecular formula is C22H21NO2. The van der Waals surface area contributed by atoms with E-state index < -0.39 is 5.97 Å². The Hall–Kier alpha value is -3.07. The number of hydrogen-bond acceptors (Lipinski definition) is 2. The normalized spacial score (nSPS) is 13.3. The third kappa shape index (κ3) is 4.48. The Morgan fingerprint density at radius 3 is 2.16 bits per heavy atom. The lowest BCUT2D eigenvalue weighted by atomic mass is 9.97. The molecule has 0 radical (unpaired) electrons. The minimum atomic E-state index is -0.884. The van der Waals surface area contributed by atoms with Crippen LogP contribution in [0.3, 0.4) is 0 Å². The van der Waals surface area contributed by atoms with Crippen molar-refractivity contribution in [3.63, 3.8) is 0 Å². The molecule has 0 aromatic heterocycles. The summed E-state index contributed by atoms with van der Waals surface area (Å²) >= 11 is 0. The number of carbonyl (C=O) groups is 1. The van der Waals surface area contributed by atoms with E-state index in [1.54, 1.807) is 12.3 Å². The van der Waals surface area contributed by atoms with Gasteiger partial charge in [0.25, 0.3) is 0 Å². The van der Waals surface area contributed by atoms with Crippen molar-refractivity contribution in [1.82, 2.24) is 4.90 Å². The van der Waals surface area contributed by atoms with Gasteiger partial charge < -0.3 is 10.0 Å². The van der Waals surface area contributed by atoms with Gasteiger partial charge in [-0.15, -0.1) is 0 Å². The Labute approximate surface area is 148 Å². The molecule has 1 aliphatic rings. The molecule has 2 aromatic carbocycles. The summed E-state index contributed by atoms with van der Waals surface area (Å²) in [5, 5.41) is 9.11. The number of rotatable bonds is 6. The molecule has 0 aliphatic carbocycles. The lowest BCUT2D eigenvalue weighted by Crippen LogP contribution is -2.22. The van der Waals surface area contributed by atoms with Crippen LogP contribution in [0.1, 0.15) is 17.5 Å². The third-order valence-corrected chi connectivity index (χ3v) is 4.14. The van der Waals surface area contributed by atoms with Gasteiger partial charge in [-0.05, 0) is 29.2 Å². The zero-order valence-corrected chi connectivity index (χ0v) is 14.0. The Bertz CT molecular complexity index is 763. The molecule has 0 bridgehead atoms. The highest BCUT2D eigenvalue weighted by atomic mass is 16.4. The maximum absolute atomic E-state index is 11.1. The van der Waals surface area contributed by atoms with Gasteiger partial charge in [0, 0.05) is 19.3 Å². The SMILES string of the molecule is O=C(O)C1=CN(CCC=C(c2ccccc2)c2ccccc2)CC=C1. The van der Waals surface area contributed by atoms with E-state index in [1.165, 1.54) is 16.7 Å². The number of aliphatic carboxylic acids is 1. The summed E-state index contributed by atoms with van der Waals surface area (Å²) in [6.07, 6.45) is 8.35. The second-order valence-corrected chi connectivity index (χ2v) is 5.93. The molecule has 3 heteroatoms. The van der Waals surface area contributed by atoms with Crippen molar-refractivity contribution < 1.29 is 9.90 Å². The van der Waals surface area contributed by atoms with E-state index >= 15 is 0 Å². The second kappa shape index (κ2) is 8.15. The summed E-state index contributed by atoms with van der Waals surface area (Å²) in [5.41, 5.74) is 3.92. The standard InChI is InChI=1S/C22H21NO2/c24-22(25)20-13-7-15-23(17-20)16-8-14-21(18-9-3-1-4-10-18)19-11-5-2-6-12-19/h1-7,9-14,17H,8,15-16H2,(H,24,25). The van der Waals surface area contributed by atoms with Crippen LogP contribution in [0.2, 0.25) is 0 Å². The van der Waals surface area contributed by atoms with Gasteiger partial charge in [-0.2, -0.15) is 0 Å². The topological polar surface area (TPSA) is 40.5 Å². The quantitative estimate of drug-likeness (QED) is 0.855. The molecule has 0 atom stereocenters. The van der Waals surface area contributed by atoms with E-state index in [0.29, 0.717) is 5.57 Å². The predicted octanol–water partition coefficient (Wildman–Crippen LogP) is 4.35. The molecule has 25 heavy (non-hydrogen) atoms. The summed E-state index contributed by atoms with van der Waals surface area (Å²) in [6, 6.07) is 20.7. The fourth-order valence-electron chi connectivity index (χ4n) is 2.90. The number of carboxylic acids is 1. The van der Waals surface area contributed by atoms with E-state index in [1.807, 2.05) is 47.4 Å². The fourth-order valence-corrected chi connectivity index (χ4v) is 2.90. The number of hydrogen-bond donors (Lipinski definition) is 1. The van der Waals surface area contributed by atoms with Gasteiger partial charge in [-0.25, -0.2) is 4.79 Å². The molecule has 0 saturated heterocycles. The molecule has 3 nitrogen and oxygen atoms in total. The largest absolute Gasteiger partial charge is 0.478 e. The van der Waals surface area contributed by atoms with E-state index in [4.69, 9.17) is 5.11 Å². The maximum Gasteiger partial charge on any atom is 0.337 e. The predicted molar refractivity (Wildman–Crippen MR) is 101 cm³/mol. The fraction of sp³-hybridized carbons (Fsp3) is 0.136. The summed E-state index contributed by atoms with van der Waals surface area (Å²) in [5.74, 6) is -0.884. The van der Waals surface area contributed by atoms with Gasteiger partial charge in [0.1, 0.15) is 0 Å². The van der Waals surface area contributed by atoms with Gasteiger partial charge in [0.05, 0.1) is 5.57 Å². The van der Waals surface area contributed by atoms with Crippen molar-refractivity contribution in [2.24, 2.45) is 0 Å². The molecule has 1 heterocycles. The molecule has 0 fully saturated rings. The van der Waals surface area contributed by atoms with Gasteiger partial charge >= 0.3 is 5.97 Å². The molecular weight excluding hydrogens is 310 g/mol. The van der Waals surface area contributed by atoms with Gasteiger partial charge in [0.2, 0.25) is 0 Å². The minimum absolute atomic E-state index is 0.335. The summed E-state index contributed by atoms with van der Waals surface area (Å²) in [7, 11) is 0. The summed E-state index contributed by atoms with van der Waals surface area (Å²) in [6.45, 7) is 1.53. The first kappa shape index (κ1) is 16.8. The van der Waals surface area contributed by atoms with E-state index in [0.717, 1.165) is 19.5 Å². The smallest absolute Gasteiger partial charge is 0.337 e. The van der Waals surface area contributed by atoms with Crippen LogP contribution in [-0.4, -0.2) is 29.1 Å². The molecule has 0 spiro atoms. The number of carboxylic acid groups (broad SMARTS) is 1. The van der Waals surface area contributed by atoms with Crippen molar-refractivity contribution in [3.05, 3.63) is 102 Å². The molecule has 3 rings (SSSR count). The summed E-state index contributed by atoms with van der Waals surface area (Å²) in [4.78, 5) is 13.1. The molecule has 0 saturated carbocycles. The first-order chi connectivity index (χ1) is 12.2. The van der Waals surface area contributed by atoms with Crippen LogP contribution in [-0.2, 0) is 4.79 Å². The maximum atomic E-state index is 11.1. The Kier molecular flexibility index (Phi) is 5.47. The lowest BCUT2D eigenvalue weighted by molar-refractivity contribution is -0.132. The van der Waals surface area contributed by atoms with Crippen molar-refractivity contribution >= 4 is 11.5 Å². The highest BCUT2D eigenvalue weighted by Gasteiger charge is 2.10. The van der Waals surface area contributed by atoms with Crippen molar-refractivity contribution in [2.75, 3.05) is 13.1 Å². The molecule has 1 aliphatic heterocycles. The van der Waals surface area contributed by atoms with Gasteiger partial charge in [-0.3, -0.25) is 0 Å². The third-order valence-electron chi connectivity index (χ3n) is 4.14. The van der Waals surface area contributed by atoms with Crippen LogP contribution >= 0.6 is 0 Å². The molecule has 126 valence electrons. The van der Waals surface area contributed by atoms with Crippen LogP contribution in [0.25, 0.3) is 5.57 Å². The van der Waals surface area contributed by atoms with Gasteiger partial charge in [0.15, 0.2) is 0 Å². The van der Waals surface area contributed by atoms with E-state index in [-0.39, 0.29) is 0 Å².